The molecule has 5 N–H and O–H groups in total. The van der Waals surface area contributed by atoms with E-state index in [4.69, 9.17) is 0 Å². The SMILES string of the molecule is O=C1C=Cc2ccc(O)c(Cc3c(O)ccc4ccc(O)cc34)c2C12Cc1c(O)ccc3ccc(O)c(c13)C2. The number of carbonyl (C=O) groups excluding carboxylic acids is 1. The molecule has 0 fully saturated rings. The zero-order chi connectivity index (χ0) is 27.1. The fourth-order valence-electron chi connectivity index (χ4n) is 6.63. The number of phenolic OH excluding ortho intramolecular Hbond substituents is 5. The summed E-state index contributed by atoms with van der Waals surface area (Å²) in [6.45, 7) is 0. The molecule has 192 valence electrons. The van der Waals surface area contributed by atoms with Crippen molar-refractivity contribution in [3.63, 3.8) is 0 Å². The highest BCUT2D eigenvalue weighted by atomic mass is 16.3. The van der Waals surface area contributed by atoms with Gasteiger partial charge in [-0.25, -0.2) is 0 Å². The van der Waals surface area contributed by atoms with Gasteiger partial charge in [0, 0.05) is 28.7 Å². The van der Waals surface area contributed by atoms with Crippen molar-refractivity contribution in [2.45, 2.75) is 24.7 Å². The summed E-state index contributed by atoms with van der Waals surface area (Å²) >= 11 is 0. The first-order chi connectivity index (χ1) is 18.8. The Hall–Kier alpha value is -4.97. The number of phenols is 5. The van der Waals surface area contributed by atoms with Gasteiger partial charge in [0.25, 0.3) is 0 Å². The fourth-order valence-corrected chi connectivity index (χ4v) is 6.63. The van der Waals surface area contributed by atoms with Crippen molar-refractivity contribution in [3.8, 4) is 28.7 Å². The molecule has 0 bridgehead atoms. The summed E-state index contributed by atoms with van der Waals surface area (Å²) in [5, 5.41) is 57.2. The summed E-state index contributed by atoms with van der Waals surface area (Å²) in [5.41, 5.74) is 2.29. The Morgan fingerprint density at radius 3 is 1.95 bits per heavy atom. The zero-order valence-electron chi connectivity index (χ0n) is 20.8. The second-order valence-corrected chi connectivity index (χ2v) is 10.5. The van der Waals surface area contributed by atoms with Crippen molar-refractivity contribution < 1.29 is 30.3 Å². The van der Waals surface area contributed by atoms with E-state index in [1.54, 1.807) is 72.8 Å². The van der Waals surface area contributed by atoms with Gasteiger partial charge in [-0.15, -0.1) is 0 Å². The van der Waals surface area contributed by atoms with E-state index in [9.17, 15) is 30.3 Å². The number of allylic oxidation sites excluding steroid dienone is 1. The van der Waals surface area contributed by atoms with Crippen LogP contribution in [0.25, 0.3) is 27.6 Å². The molecule has 6 nitrogen and oxygen atoms in total. The quantitative estimate of drug-likeness (QED) is 0.204. The van der Waals surface area contributed by atoms with E-state index in [1.165, 1.54) is 6.08 Å². The molecule has 6 heteroatoms. The van der Waals surface area contributed by atoms with Crippen molar-refractivity contribution in [1.29, 1.82) is 0 Å². The molecule has 0 heterocycles. The third-order valence-corrected chi connectivity index (χ3v) is 8.44. The molecule has 2 aliphatic rings. The number of benzene rings is 5. The monoisotopic (exact) mass is 516 g/mol. The highest BCUT2D eigenvalue weighted by Crippen LogP contribution is 2.52. The second-order valence-electron chi connectivity index (χ2n) is 10.5. The number of aromatic hydroxyl groups is 5. The smallest absolute Gasteiger partial charge is 0.166 e. The van der Waals surface area contributed by atoms with Gasteiger partial charge in [0.15, 0.2) is 5.78 Å². The van der Waals surface area contributed by atoms with Crippen LogP contribution in [0.5, 0.6) is 28.7 Å². The van der Waals surface area contributed by atoms with E-state index in [0.29, 0.717) is 33.2 Å². The number of fused-ring (bicyclic) bond motifs is 3. The third kappa shape index (κ3) is 3.24. The van der Waals surface area contributed by atoms with Crippen LogP contribution in [0.3, 0.4) is 0 Å². The summed E-state index contributed by atoms with van der Waals surface area (Å²) in [5.74, 6) is -0.0790. The molecule has 0 saturated carbocycles. The number of hydrogen-bond donors (Lipinski definition) is 5. The molecule has 2 aliphatic carbocycles. The molecule has 0 aliphatic heterocycles. The topological polar surface area (TPSA) is 118 Å². The van der Waals surface area contributed by atoms with E-state index in [0.717, 1.165) is 21.7 Å². The van der Waals surface area contributed by atoms with Crippen LogP contribution in [0.2, 0.25) is 0 Å². The summed E-state index contributed by atoms with van der Waals surface area (Å²) in [7, 11) is 0. The van der Waals surface area contributed by atoms with Gasteiger partial charge in [-0.05, 0) is 88.0 Å². The summed E-state index contributed by atoms with van der Waals surface area (Å²) in [6.07, 6.45) is 3.71. The summed E-state index contributed by atoms with van der Waals surface area (Å²) < 4.78 is 0. The van der Waals surface area contributed by atoms with Crippen molar-refractivity contribution >= 4 is 33.4 Å². The number of ketones is 1. The van der Waals surface area contributed by atoms with Crippen LogP contribution in [0.1, 0.15) is 33.4 Å². The first-order valence-corrected chi connectivity index (χ1v) is 12.7. The van der Waals surface area contributed by atoms with Gasteiger partial charge in [-0.1, -0.05) is 36.4 Å². The largest absolute Gasteiger partial charge is 0.508 e. The summed E-state index contributed by atoms with van der Waals surface area (Å²) in [6, 6.07) is 18.4. The predicted molar refractivity (Wildman–Crippen MR) is 149 cm³/mol. The molecular weight excluding hydrogens is 492 g/mol. The lowest BCUT2D eigenvalue weighted by Crippen LogP contribution is -2.44. The van der Waals surface area contributed by atoms with Gasteiger partial charge in [-0.3, -0.25) is 4.79 Å². The molecule has 0 radical (unpaired) electrons. The number of hydrogen-bond acceptors (Lipinski definition) is 6. The average molecular weight is 517 g/mol. The minimum absolute atomic E-state index is 0.00544. The standard InChI is InChI=1S/C33H24O6/c34-20-7-1-17-2-8-26(35)22(21(17)13-20)14-23-27(36)11-5-19-6-12-30(39)33(32(19)23)15-24-28(37)9-3-18-4-10-29(38)25(16-33)31(18)24/h1-13,34-38H,14-16H2. The molecule has 5 aromatic rings. The first kappa shape index (κ1) is 23.2. The number of rotatable bonds is 2. The van der Waals surface area contributed by atoms with Crippen LogP contribution in [0.15, 0.2) is 72.8 Å². The zero-order valence-corrected chi connectivity index (χ0v) is 20.8. The van der Waals surface area contributed by atoms with E-state index < -0.39 is 5.41 Å². The van der Waals surface area contributed by atoms with Crippen LogP contribution >= 0.6 is 0 Å². The van der Waals surface area contributed by atoms with Gasteiger partial charge in [0.05, 0.1) is 5.41 Å². The van der Waals surface area contributed by atoms with Crippen LogP contribution in [0, 0.1) is 0 Å². The van der Waals surface area contributed by atoms with Crippen molar-refractivity contribution in [2.24, 2.45) is 0 Å². The van der Waals surface area contributed by atoms with Gasteiger partial charge < -0.3 is 25.5 Å². The van der Waals surface area contributed by atoms with Crippen LogP contribution in [0.4, 0.5) is 0 Å². The Morgan fingerprint density at radius 2 is 1.23 bits per heavy atom. The number of carbonyl (C=O) groups is 1. The highest BCUT2D eigenvalue weighted by molar-refractivity contribution is 6.08. The molecule has 0 saturated heterocycles. The second kappa shape index (κ2) is 8.01. The van der Waals surface area contributed by atoms with Gasteiger partial charge in [0.2, 0.25) is 0 Å². The maximum absolute atomic E-state index is 13.9. The third-order valence-electron chi connectivity index (χ3n) is 8.44. The van der Waals surface area contributed by atoms with Gasteiger partial charge >= 0.3 is 0 Å². The van der Waals surface area contributed by atoms with E-state index in [2.05, 4.69) is 0 Å². The Bertz CT molecular complexity index is 1860. The van der Waals surface area contributed by atoms with Crippen LogP contribution in [-0.2, 0) is 29.5 Å². The molecule has 7 rings (SSSR count). The lowest BCUT2D eigenvalue weighted by molar-refractivity contribution is -0.120. The minimum atomic E-state index is -1.20. The maximum atomic E-state index is 13.9. The maximum Gasteiger partial charge on any atom is 0.166 e. The average Bonchev–Trinajstić information content (AvgIpc) is 2.92. The molecule has 39 heavy (non-hydrogen) atoms. The first-order valence-electron chi connectivity index (χ1n) is 12.7. The predicted octanol–water partition coefficient (Wildman–Crippen LogP) is 5.74. The summed E-state index contributed by atoms with van der Waals surface area (Å²) in [4.78, 5) is 13.9. The highest BCUT2D eigenvalue weighted by Gasteiger charge is 2.48. The van der Waals surface area contributed by atoms with Crippen LogP contribution in [-0.4, -0.2) is 31.3 Å². The Morgan fingerprint density at radius 1 is 0.641 bits per heavy atom. The molecular formula is C33H24O6. The van der Waals surface area contributed by atoms with E-state index >= 15 is 0 Å². The minimum Gasteiger partial charge on any atom is -0.508 e. The van der Waals surface area contributed by atoms with E-state index in [1.807, 2.05) is 0 Å². The Labute approximate surface area is 223 Å². The Kier molecular flexibility index (Phi) is 4.76. The van der Waals surface area contributed by atoms with Crippen molar-refractivity contribution in [3.05, 3.63) is 106 Å². The lowest BCUT2D eigenvalue weighted by atomic mass is 9.60. The van der Waals surface area contributed by atoms with E-state index in [-0.39, 0.29) is 53.8 Å². The molecule has 0 atom stereocenters. The van der Waals surface area contributed by atoms with Gasteiger partial charge in [0.1, 0.15) is 28.7 Å². The normalized spacial score (nSPS) is 15.2. The molecule has 0 unspecified atom stereocenters. The fraction of sp³-hybridized carbons (Fsp3) is 0.121. The van der Waals surface area contributed by atoms with Crippen LogP contribution < -0.4 is 0 Å². The van der Waals surface area contributed by atoms with Gasteiger partial charge in [-0.2, -0.15) is 0 Å². The Balaban J connectivity index is 1.50. The molecule has 0 aromatic heterocycles. The lowest BCUT2D eigenvalue weighted by Gasteiger charge is -2.41. The molecule has 5 aromatic carbocycles. The van der Waals surface area contributed by atoms with Crippen molar-refractivity contribution in [1.82, 2.24) is 0 Å². The van der Waals surface area contributed by atoms with Crippen molar-refractivity contribution in [2.75, 3.05) is 0 Å². The molecule has 1 spiro atoms. The molecule has 0 amide bonds.